The molecule has 0 bridgehead atoms. The van der Waals surface area contributed by atoms with E-state index in [1.807, 2.05) is 6.07 Å². The molecule has 3 nitrogen and oxygen atoms in total. The maximum atomic E-state index is 5.98. The highest BCUT2D eigenvalue weighted by molar-refractivity contribution is 9.10. The number of hydrogen-bond donors (Lipinski definition) is 1. The van der Waals surface area contributed by atoms with Gasteiger partial charge in [-0.1, -0.05) is 35.0 Å². The molecule has 1 aromatic carbocycles. The Morgan fingerprint density at radius 3 is 2.82 bits per heavy atom. The lowest BCUT2D eigenvalue weighted by molar-refractivity contribution is 0.202. The molecule has 92 valence electrons. The Hall–Kier alpha value is -1.03. The molecule has 0 fully saturated rings. The van der Waals surface area contributed by atoms with Gasteiger partial charge in [-0.25, -0.2) is 0 Å². The largest absolute Gasteiger partial charge is 0.370 e. The molecule has 0 radical (unpaired) electrons. The molecule has 2 N–H and O–H groups in total. The van der Waals surface area contributed by atoms with E-state index in [-0.39, 0.29) is 5.54 Å². The summed E-state index contributed by atoms with van der Waals surface area (Å²) in [6.45, 7) is 5.95. The smallest absolute Gasteiger partial charge is 0.192 e. The molecule has 17 heavy (non-hydrogen) atoms. The summed E-state index contributed by atoms with van der Waals surface area (Å²) in [6, 6.07) is 8.44. The maximum absolute atomic E-state index is 5.98. The van der Waals surface area contributed by atoms with Gasteiger partial charge in [0.2, 0.25) is 0 Å². The second-order valence-electron chi connectivity index (χ2n) is 4.31. The minimum Gasteiger partial charge on any atom is -0.370 e. The molecule has 0 amide bonds. The molecule has 0 saturated carbocycles. The van der Waals surface area contributed by atoms with Gasteiger partial charge in [0.15, 0.2) is 5.96 Å². The summed E-state index contributed by atoms with van der Waals surface area (Å²) < 4.78 is 1.10. The van der Waals surface area contributed by atoms with Crippen LogP contribution in [0.4, 0.5) is 0 Å². The zero-order chi connectivity index (χ0) is 12.5. The third-order valence-electron chi connectivity index (χ3n) is 3.56. The molecule has 0 saturated heterocycles. The van der Waals surface area contributed by atoms with E-state index < -0.39 is 0 Å². The number of hydrogen-bond acceptors (Lipinski definition) is 3. The summed E-state index contributed by atoms with van der Waals surface area (Å²) >= 11 is 3.53. The lowest BCUT2D eigenvalue weighted by atomic mass is 9.86. The van der Waals surface area contributed by atoms with E-state index in [0.29, 0.717) is 5.96 Å². The van der Waals surface area contributed by atoms with Gasteiger partial charge < -0.3 is 10.6 Å². The lowest BCUT2D eigenvalue weighted by Gasteiger charge is -2.38. The summed E-state index contributed by atoms with van der Waals surface area (Å²) in [6.07, 6.45) is 1.00. The van der Waals surface area contributed by atoms with Gasteiger partial charge >= 0.3 is 0 Å². The van der Waals surface area contributed by atoms with E-state index in [2.05, 4.69) is 57.9 Å². The number of nitrogens with two attached hydrogens (primary N) is 1. The molecular weight excluding hydrogens is 278 g/mol. The van der Waals surface area contributed by atoms with Crippen LogP contribution in [-0.4, -0.2) is 23.9 Å². The van der Waals surface area contributed by atoms with Gasteiger partial charge in [0, 0.05) is 11.0 Å². The highest BCUT2D eigenvalue weighted by atomic mass is 79.9. The van der Waals surface area contributed by atoms with Crippen LogP contribution in [0.5, 0.6) is 0 Å². The minimum atomic E-state index is -0.0669. The van der Waals surface area contributed by atoms with Crippen molar-refractivity contribution >= 4 is 21.9 Å². The molecule has 1 aliphatic rings. The van der Waals surface area contributed by atoms with Gasteiger partial charge in [0.05, 0.1) is 12.1 Å². The molecule has 1 unspecified atom stereocenters. The van der Waals surface area contributed by atoms with Gasteiger partial charge in [0.25, 0.3) is 0 Å². The van der Waals surface area contributed by atoms with Crippen molar-refractivity contribution in [1.29, 1.82) is 0 Å². The summed E-state index contributed by atoms with van der Waals surface area (Å²) in [5.74, 6) is 0.661. The molecule has 1 aliphatic heterocycles. The van der Waals surface area contributed by atoms with Crippen molar-refractivity contribution < 1.29 is 0 Å². The van der Waals surface area contributed by atoms with Gasteiger partial charge in [0.1, 0.15) is 0 Å². The van der Waals surface area contributed by atoms with E-state index >= 15 is 0 Å². The number of rotatable bonds is 3. The first-order chi connectivity index (χ1) is 8.14. The van der Waals surface area contributed by atoms with Crippen molar-refractivity contribution in [3.8, 4) is 0 Å². The fraction of sp³-hybridized carbons (Fsp3) is 0.462. The number of benzene rings is 1. The number of likely N-dealkylation sites (N-methyl/N-ethyl adjacent to an activating group) is 1. The van der Waals surface area contributed by atoms with Crippen molar-refractivity contribution in [3.63, 3.8) is 0 Å². The fourth-order valence-electron chi connectivity index (χ4n) is 2.60. The minimum absolute atomic E-state index is 0.0669. The zero-order valence-corrected chi connectivity index (χ0v) is 11.9. The van der Waals surface area contributed by atoms with Crippen LogP contribution in [0.1, 0.15) is 25.8 Å². The average Bonchev–Trinajstić information content (AvgIpc) is 2.66. The SMILES string of the molecule is CCN1C(N)=NCC1(CC)c1cccc(Br)c1. The number of halogens is 1. The molecule has 0 spiro atoms. The van der Waals surface area contributed by atoms with Gasteiger partial charge in [-0.05, 0) is 31.0 Å². The van der Waals surface area contributed by atoms with Crippen molar-refractivity contribution in [2.24, 2.45) is 10.7 Å². The third-order valence-corrected chi connectivity index (χ3v) is 4.05. The zero-order valence-electron chi connectivity index (χ0n) is 10.3. The van der Waals surface area contributed by atoms with E-state index in [1.165, 1.54) is 5.56 Å². The number of guanidine groups is 1. The molecule has 2 rings (SSSR count). The fourth-order valence-corrected chi connectivity index (χ4v) is 3.00. The maximum Gasteiger partial charge on any atom is 0.192 e. The highest BCUT2D eigenvalue weighted by Crippen LogP contribution is 2.36. The second-order valence-corrected chi connectivity index (χ2v) is 5.23. The van der Waals surface area contributed by atoms with Gasteiger partial charge in [-0.2, -0.15) is 0 Å². The summed E-state index contributed by atoms with van der Waals surface area (Å²) in [5.41, 5.74) is 7.19. The highest BCUT2D eigenvalue weighted by Gasteiger charge is 2.41. The van der Waals surface area contributed by atoms with Crippen LogP contribution in [0, 0.1) is 0 Å². The first-order valence-electron chi connectivity index (χ1n) is 5.97. The van der Waals surface area contributed by atoms with E-state index in [9.17, 15) is 0 Å². The Labute approximate surface area is 111 Å². The first-order valence-corrected chi connectivity index (χ1v) is 6.77. The van der Waals surface area contributed by atoms with Gasteiger partial charge in [-0.3, -0.25) is 4.99 Å². The van der Waals surface area contributed by atoms with Crippen LogP contribution >= 0.6 is 15.9 Å². The number of nitrogens with zero attached hydrogens (tertiary/aromatic N) is 2. The predicted molar refractivity (Wildman–Crippen MR) is 75.0 cm³/mol. The molecule has 4 heteroatoms. The molecular formula is C13H18BrN3. The van der Waals surface area contributed by atoms with Crippen molar-refractivity contribution in [3.05, 3.63) is 34.3 Å². The Morgan fingerprint density at radius 1 is 1.47 bits per heavy atom. The summed E-state index contributed by atoms with van der Waals surface area (Å²) in [7, 11) is 0. The molecule has 1 atom stereocenters. The first kappa shape index (κ1) is 12.4. The van der Waals surface area contributed by atoms with Crippen LogP contribution in [0.3, 0.4) is 0 Å². The molecule has 0 aliphatic carbocycles. The molecule has 1 heterocycles. The van der Waals surface area contributed by atoms with Crippen LogP contribution in [0.2, 0.25) is 0 Å². The van der Waals surface area contributed by atoms with Crippen LogP contribution < -0.4 is 5.73 Å². The van der Waals surface area contributed by atoms with Crippen LogP contribution in [-0.2, 0) is 5.54 Å². The quantitative estimate of drug-likeness (QED) is 0.932. The lowest BCUT2D eigenvalue weighted by Crippen LogP contribution is -2.48. The second kappa shape index (κ2) is 4.69. The van der Waals surface area contributed by atoms with Gasteiger partial charge in [-0.15, -0.1) is 0 Å². The van der Waals surface area contributed by atoms with Crippen molar-refractivity contribution in [2.45, 2.75) is 25.8 Å². The Bertz CT molecular complexity index is 444. The average molecular weight is 296 g/mol. The Kier molecular flexibility index (Phi) is 3.43. The number of aliphatic imine (C=N–C) groups is 1. The Balaban J connectivity index is 2.46. The van der Waals surface area contributed by atoms with Crippen LogP contribution in [0.25, 0.3) is 0 Å². The Morgan fingerprint density at radius 2 is 2.24 bits per heavy atom. The molecule has 1 aromatic rings. The third kappa shape index (κ3) is 1.95. The molecule has 0 aromatic heterocycles. The monoisotopic (exact) mass is 295 g/mol. The standard InChI is InChI=1S/C13H18BrN3/c1-3-13(9-16-12(15)17(13)4-2)10-6-5-7-11(14)8-10/h5-8H,3-4,9H2,1-2H3,(H2,15,16). The van der Waals surface area contributed by atoms with E-state index in [0.717, 1.165) is 24.0 Å². The van der Waals surface area contributed by atoms with Crippen molar-refractivity contribution in [1.82, 2.24) is 4.90 Å². The summed E-state index contributed by atoms with van der Waals surface area (Å²) in [4.78, 5) is 6.63. The van der Waals surface area contributed by atoms with Crippen LogP contribution in [0.15, 0.2) is 33.7 Å². The van der Waals surface area contributed by atoms with E-state index in [4.69, 9.17) is 5.73 Å². The van der Waals surface area contributed by atoms with E-state index in [1.54, 1.807) is 0 Å². The normalized spacial score (nSPS) is 23.9. The summed E-state index contributed by atoms with van der Waals surface area (Å²) in [5, 5.41) is 0. The predicted octanol–water partition coefficient (Wildman–Crippen LogP) is 2.70. The topological polar surface area (TPSA) is 41.6 Å². The van der Waals surface area contributed by atoms with Crippen molar-refractivity contribution in [2.75, 3.05) is 13.1 Å².